The number of halogens is 2. The molecule has 32 heavy (non-hydrogen) atoms. The average molecular weight is 476 g/mol. The van der Waals surface area contributed by atoms with E-state index in [1.165, 1.54) is 25.3 Å². The fraction of sp³-hybridized carbons (Fsp3) is 0.238. The van der Waals surface area contributed by atoms with Gasteiger partial charge in [0.15, 0.2) is 0 Å². The molecule has 166 valence electrons. The first-order chi connectivity index (χ1) is 15.4. The second kappa shape index (κ2) is 9.49. The fourth-order valence-corrected chi connectivity index (χ4v) is 4.50. The number of carbonyl (C=O) groups is 2. The van der Waals surface area contributed by atoms with Crippen LogP contribution in [0.2, 0.25) is 5.02 Å². The maximum atomic E-state index is 13.3. The highest BCUT2D eigenvalue weighted by Crippen LogP contribution is 2.35. The topological polar surface area (TPSA) is 96.4 Å². The van der Waals surface area contributed by atoms with Crippen LogP contribution in [-0.4, -0.2) is 40.7 Å². The summed E-state index contributed by atoms with van der Waals surface area (Å²) in [7, 11) is 1.51. The molecule has 1 aliphatic rings. The van der Waals surface area contributed by atoms with E-state index < -0.39 is 11.7 Å². The van der Waals surface area contributed by atoms with Crippen molar-refractivity contribution in [3.8, 4) is 5.75 Å². The smallest absolute Gasteiger partial charge is 0.322 e. The summed E-state index contributed by atoms with van der Waals surface area (Å²) in [5.41, 5.74) is 0.784. The minimum Gasteiger partial charge on any atom is -0.495 e. The molecule has 0 aliphatic carbocycles. The zero-order chi connectivity index (χ0) is 22.7. The fourth-order valence-electron chi connectivity index (χ4n) is 3.44. The Labute approximate surface area is 192 Å². The van der Waals surface area contributed by atoms with E-state index in [4.69, 9.17) is 16.3 Å². The number of ether oxygens (including phenoxy) is 1. The van der Waals surface area contributed by atoms with Gasteiger partial charge in [0.2, 0.25) is 5.01 Å². The van der Waals surface area contributed by atoms with Crippen molar-refractivity contribution in [2.45, 2.75) is 18.9 Å². The van der Waals surface area contributed by atoms with Gasteiger partial charge in [-0.3, -0.25) is 4.79 Å². The highest BCUT2D eigenvalue weighted by Gasteiger charge is 2.33. The molecule has 3 amide bonds. The van der Waals surface area contributed by atoms with Crippen LogP contribution in [0.4, 0.5) is 20.6 Å². The molecular formula is C21H19ClFN5O3S. The number of rotatable bonds is 5. The van der Waals surface area contributed by atoms with Gasteiger partial charge in [0.1, 0.15) is 16.6 Å². The number of nitrogens with zero attached hydrogens (tertiary/aromatic N) is 3. The predicted octanol–water partition coefficient (Wildman–Crippen LogP) is 4.96. The van der Waals surface area contributed by atoms with Gasteiger partial charge < -0.3 is 20.3 Å². The Morgan fingerprint density at radius 1 is 1.22 bits per heavy atom. The molecule has 2 heterocycles. The Morgan fingerprint density at radius 3 is 2.84 bits per heavy atom. The second-order valence-electron chi connectivity index (χ2n) is 7.04. The lowest BCUT2D eigenvalue weighted by atomic mass is 10.2. The summed E-state index contributed by atoms with van der Waals surface area (Å²) in [5, 5.41) is 14.7. The largest absolute Gasteiger partial charge is 0.495 e. The SMILES string of the molecule is COc1ccc(Cl)cc1NC(=O)N1CCC[C@@H]1c1nnc(C(=O)Nc2cccc(F)c2)s1. The molecule has 3 aromatic rings. The van der Waals surface area contributed by atoms with Crippen LogP contribution in [0, 0.1) is 5.82 Å². The molecule has 4 rings (SSSR count). The van der Waals surface area contributed by atoms with E-state index in [0.717, 1.165) is 17.8 Å². The number of anilines is 2. The number of carbonyl (C=O) groups excluding carboxylic acids is 2. The van der Waals surface area contributed by atoms with E-state index >= 15 is 0 Å². The molecule has 0 unspecified atom stereocenters. The van der Waals surface area contributed by atoms with Gasteiger partial charge in [-0.25, -0.2) is 9.18 Å². The first-order valence-electron chi connectivity index (χ1n) is 9.76. The first kappa shape index (κ1) is 22.0. The van der Waals surface area contributed by atoms with Gasteiger partial charge in [-0.15, -0.1) is 10.2 Å². The summed E-state index contributed by atoms with van der Waals surface area (Å²) >= 11 is 7.15. The molecule has 8 nitrogen and oxygen atoms in total. The summed E-state index contributed by atoms with van der Waals surface area (Å²) in [6.45, 7) is 0.532. The third-order valence-corrected chi connectivity index (χ3v) is 6.18. The van der Waals surface area contributed by atoms with Crippen molar-refractivity contribution in [1.82, 2.24) is 15.1 Å². The monoisotopic (exact) mass is 475 g/mol. The number of urea groups is 1. The van der Waals surface area contributed by atoms with E-state index in [1.54, 1.807) is 29.2 Å². The van der Waals surface area contributed by atoms with Gasteiger partial charge in [0, 0.05) is 17.3 Å². The summed E-state index contributed by atoms with van der Waals surface area (Å²) in [6.07, 6.45) is 1.48. The van der Waals surface area contributed by atoms with Gasteiger partial charge in [0.25, 0.3) is 5.91 Å². The molecular weight excluding hydrogens is 457 g/mol. The summed E-state index contributed by atoms with van der Waals surface area (Å²) in [6, 6.07) is 9.91. The van der Waals surface area contributed by atoms with Crippen LogP contribution in [0.3, 0.4) is 0 Å². The summed E-state index contributed by atoms with van der Waals surface area (Å²) < 4.78 is 18.6. The third kappa shape index (κ3) is 4.81. The van der Waals surface area contributed by atoms with Gasteiger partial charge in [-0.05, 0) is 49.2 Å². The van der Waals surface area contributed by atoms with E-state index in [2.05, 4.69) is 20.8 Å². The lowest BCUT2D eigenvalue weighted by Crippen LogP contribution is -2.34. The summed E-state index contributed by atoms with van der Waals surface area (Å²) in [5.74, 6) is -0.451. The molecule has 0 bridgehead atoms. The van der Waals surface area contributed by atoms with Crippen LogP contribution in [0.5, 0.6) is 5.75 Å². The van der Waals surface area contributed by atoms with Crippen molar-refractivity contribution in [1.29, 1.82) is 0 Å². The highest BCUT2D eigenvalue weighted by atomic mass is 35.5. The Hall–Kier alpha value is -3.24. The Kier molecular flexibility index (Phi) is 6.52. The number of benzene rings is 2. The van der Waals surface area contributed by atoms with Gasteiger partial charge in [-0.2, -0.15) is 0 Å². The van der Waals surface area contributed by atoms with Crippen molar-refractivity contribution < 1.29 is 18.7 Å². The molecule has 2 N–H and O–H groups in total. The molecule has 11 heteroatoms. The molecule has 0 radical (unpaired) electrons. The maximum Gasteiger partial charge on any atom is 0.322 e. The normalized spacial score (nSPS) is 15.5. The maximum absolute atomic E-state index is 13.3. The van der Waals surface area contributed by atoms with E-state index in [1.807, 2.05) is 0 Å². The van der Waals surface area contributed by atoms with Gasteiger partial charge >= 0.3 is 6.03 Å². The third-order valence-electron chi connectivity index (χ3n) is 4.92. The number of hydrogen-bond donors (Lipinski definition) is 2. The number of aromatic nitrogens is 2. The molecule has 1 saturated heterocycles. The predicted molar refractivity (Wildman–Crippen MR) is 120 cm³/mol. The molecule has 0 spiro atoms. The Bertz CT molecular complexity index is 1160. The molecule has 2 aromatic carbocycles. The number of hydrogen-bond acceptors (Lipinski definition) is 6. The molecule has 1 aliphatic heterocycles. The molecule has 1 aromatic heterocycles. The van der Waals surface area contributed by atoms with Crippen LogP contribution in [0.25, 0.3) is 0 Å². The van der Waals surface area contributed by atoms with E-state index in [9.17, 15) is 14.0 Å². The van der Waals surface area contributed by atoms with E-state index in [0.29, 0.717) is 40.1 Å². The number of methoxy groups -OCH3 is 1. The van der Waals surface area contributed by atoms with Gasteiger partial charge in [0.05, 0.1) is 18.8 Å². The van der Waals surface area contributed by atoms with Crippen molar-refractivity contribution in [2.75, 3.05) is 24.3 Å². The Morgan fingerprint density at radius 2 is 2.06 bits per heavy atom. The van der Waals surface area contributed by atoms with Crippen LogP contribution in [0.15, 0.2) is 42.5 Å². The highest BCUT2D eigenvalue weighted by molar-refractivity contribution is 7.13. The van der Waals surface area contributed by atoms with Crippen molar-refractivity contribution >= 4 is 46.3 Å². The molecule has 1 fully saturated rings. The van der Waals surface area contributed by atoms with E-state index in [-0.39, 0.29) is 17.1 Å². The molecule has 0 saturated carbocycles. The van der Waals surface area contributed by atoms with Crippen LogP contribution in [0.1, 0.15) is 33.7 Å². The lowest BCUT2D eigenvalue weighted by molar-refractivity contribution is 0.102. The second-order valence-corrected chi connectivity index (χ2v) is 8.48. The number of amides is 3. The minimum absolute atomic E-state index is 0.132. The first-order valence-corrected chi connectivity index (χ1v) is 11.0. The van der Waals surface area contributed by atoms with Crippen molar-refractivity contribution in [3.63, 3.8) is 0 Å². The van der Waals surface area contributed by atoms with Gasteiger partial charge in [-0.1, -0.05) is 29.0 Å². The summed E-state index contributed by atoms with van der Waals surface area (Å²) in [4.78, 5) is 27.1. The number of likely N-dealkylation sites (tertiary alicyclic amines) is 1. The zero-order valence-electron chi connectivity index (χ0n) is 17.0. The zero-order valence-corrected chi connectivity index (χ0v) is 18.5. The van der Waals surface area contributed by atoms with Crippen LogP contribution < -0.4 is 15.4 Å². The van der Waals surface area contributed by atoms with Crippen molar-refractivity contribution in [3.05, 3.63) is 63.3 Å². The van der Waals surface area contributed by atoms with Crippen molar-refractivity contribution in [2.24, 2.45) is 0 Å². The lowest BCUT2D eigenvalue weighted by Gasteiger charge is -2.23. The van der Waals surface area contributed by atoms with Crippen LogP contribution in [-0.2, 0) is 0 Å². The Balaban J connectivity index is 1.47. The minimum atomic E-state index is -0.489. The standard InChI is InChI=1S/C21H19ClFN5O3S/c1-31-17-8-7-12(22)10-15(17)25-21(30)28-9-3-6-16(28)19-26-27-20(32-19)18(29)24-14-5-2-4-13(23)11-14/h2,4-5,7-8,10-11,16H,3,6,9H2,1H3,(H,24,29)(H,25,30)/t16-/m1/s1. The quantitative estimate of drug-likeness (QED) is 0.543. The number of nitrogens with one attached hydrogen (secondary N) is 2. The average Bonchev–Trinajstić information content (AvgIpc) is 3.43. The van der Waals surface area contributed by atoms with Crippen LogP contribution >= 0.6 is 22.9 Å². The molecule has 1 atom stereocenters.